The van der Waals surface area contributed by atoms with Gasteiger partial charge in [-0.15, -0.1) is 0 Å². The Morgan fingerprint density at radius 1 is 0.412 bits per heavy atom. The fraction of sp³-hybridized carbons (Fsp3) is 0. The Labute approximate surface area is 294 Å². The van der Waals surface area contributed by atoms with Crippen molar-refractivity contribution < 1.29 is 8.83 Å². The number of hydrogen-bond donors (Lipinski definition) is 0. The van der Waals surface area contributed by atoms with E-state index in [1.54, 1.807) is 0 Å². The van der Waals surface area contributed by atoms with Gasteiger partial charge in [-0.3, -0.25) is 0 Å². The molecule has 0 radical (unpaired) electrons. The quantitative estimate of drug-likeness (QED) is 0.179. The van der Waals surface area contributed by atoms with Gasteiger partial charge in [-0.25, -0.2) is 4.98 Å². The summed E-state index contributed by atoms with van der Waals surface area (Å²) in [7, 11) is 0. The van der Waals surface area contributed by atoms with Crippen LogP contribution in [0.4, 0.5) is 17.1 Å². The summed E-state index contributed by atoms with van der Waals surface area (Å²) < 4.78 is 12.8. The molecule has 0 N–H and O–H groups in total. The summed E-state index contributed by atoms with van der Waals surface area (Å²) in [5.74, 6) is 0.604. The van der Waals surface area contributed by atoms with Crippen LogP contribution in [0.15, 0.2) is 191 Å². The van der Waals surface area contributed by atoms with Gasteiger partial charge in [-0.1, -0.05) is 127 Å². The van der Waals surface area contributed by atoms with E-state index >= 15 is 0 Å². The molecule has 0 saturated carbocycles. The largest absolute Gasteiger partial charge is 0.455 e. The summed E-state index contributed by atoms with van der Waals surface area (Å²) >= 11 is 0. The summed E-state index contributed by atoms with van der Waals surface area (Å²) in [6.45, 7) is 0. The zero-order valence-electron chi connectivity index (χ0n) is 27.5. The van der Waals surface area contributed by atoms with Crippen LogP contribution in [-0.4, -0.2) is 4.98 Å². The summed E-state index contributed by atoms with van der Waals surface area (Å²) in [5, 5.41) is 4.46. The number of benzene rings is 8. The Kier molecular flexibility index (Phi) is 6.78. The number of furan rings is 1. The molecule has 10 rings (SSSR count). The first-order chi connectivity index (χ1) is 25.3. The molecule has 51 heavy (non-hydrogen) atoms. The molecule has 4 nitrogen and oxygen atoms in total. The molecule has 2 heterocycles. The minimum absolute atomic E-state index is 0.604. The fourth-order valence-electron chi connectivity index (χ4n) is 7.21. The minimum atomic E-state index is 0.604. The average Bonchev–Trinajstić information content (AvgIpc) is 3.79. The summed E-state index contributed by atoms with van der Waals surface area (Å²) in [5.41, 5.74) is 11.8. The average molecular weight is 655 g/mol. The van der Waals surface area contributed by atoms with Gasteiger partial charge >= 0.3 is 0 Å². The van der Waals surface area contributed by atoms with Gasteiger partial charge in [-0.2, -0.15) is 0 Å². The van der Waals surface area contributed by atoms with Crippen LogP contribution in [-0.2, 0) is 0 Å². The topological polar surface area (TPSA) is 42.4 Å². The van der Waals surface area contributed by atoms with Crippen molar-refractivity contribution >= 4 is 60.9 Å². The van der Waals surface area contributed by atoms with Crippen LogP contribution in [0, 0.1) is 0 Å². The number of hydrogen-bond acceptors (Lipinski definition) is 4. The number of fused-ring (bicyclic) bond motifs is 5. The normalized spacial score (nSPS) is 11.5. The molecular weight excluding hydrogens is 625 g/mol. The molecule has 0 unspecified atom stereocenters. The van der Waals surface area contributed by atoms with Gasteiger partial charge < -0.3 is 13.7 Å². The van der Waals surface area contributed by atoms with E-state index in [-0.39, 0.29) is 0 Å². The highest BCUT2D eigenvalue weighted by Crippen LogP contribution is 2.43. The molecule has 0 aliphatic rings. The third kappa shape index (κ3) is 5.04. The monoisotopic (exact) mass is 654 g/mol. The summed E-state index contributed by atoms with van der Waals surface area (Å²) in [6.07, 6.45) is 0. The highest BCUT2D eigenvalue weighted by atomic mass is 16.4. The third-order valence-corrected chi connectivity index (χ3v) is 9.69. The minimum Gasteiger partial charge on any atom is -0.455 e. The third-order valence-electron chi connectivity index (χ3n) is 9.69. The lowest BCUT2D eigenvalue weighted by Gasteiger charge is -2.28. The van der Waals surface area contributed by atoms with Crippen molar-refractivity contribution in [3.63, 3.8) is 0 Å². The van der Waals surface area contributed by atoms with Crippen LogP contribution in [0.5, 0.6) is 0 Å². The van der Waals surface area contributed by atoms with E-state index in [0.29, 0.717) is 5.89 Å². The number of aromatic nitrogens is 1. The van der Waals surface area contributed by atoms with Crippen molar-refractivity contribution in [2.75, 3.05) is 4.90 Å². The first kappa shape index (κ1) is 29.0. The van der Waals surface area contributed by atoms with Crippen LogP contribution in [0.1, 0.15) is 0 Å². The van der Waals surface area contributed by atoms with Gasteiger partial charge in [0.25, 0.3) is 0 Å². The molecule has 0 saturated heterocycles. The number of nitrogens with zero attached hydrogens (tertiary/aromatic N) is 2. The molecule has 0 spiro atoms. The lowest BCUT2D eigenvalue weighted by atomic mass is 10.00. The Hall–Kier alpha value is -6.91. The second kappa shape index (κ2) is 11.9. The lowest BCUT2D eigenvalue weighted by Crippen LogP contribution is -2.11. The molecular formula is C47H30N2O2. The van der Waals surface area contributed by atoms with Crippen molar-refractivity contribution in [1.82, 2.24) is 4.98 Å². The number of anilines is 3. The zero-order valence-corrected chi connectivity index (χ0v) is 27.5. The molecule has 4 heteroatoms. The Morgan fingerprint density at radius 3 is 1.90 bits per heavy atom. The van der Waals surface area contributed by atoms with E-state index in [1.165, 1.54) is 21.9 Å². The van der Waals surface area contributed by atoms with Crippen LogP contribution >= 0.6 is 0 Å². The van der Waals surface area contributed by atoms with Crippen LogP contribution in [0.2, 0.25) is 0 Å². The first-order valence-corrected chi connectivity index (χ1v) is 17.1. The van der Waals surface area contributed by atoms with Crippen molar-refractivity contribution in [2.24, 2.45) is 0 Å². The SMILES string of the molecule is c1ccc(-c2nc3cc4oc5c(-c6ccc(N(c7ccc8ccccc8c7)c7ccccc7-c7ccccc7)cc6)cccc5c4cc3o2)cc1. The molecule has 0 aliphatic carbocycles. The van der Waals surface area contributed by atoms with E-state index in [0.717, 1.165) is 66.8 Å². The standard InChI is InChI=1S/C47H30N2O2/c1-3-13-32(14-4-1)38-18-9-10-21-43(38)49(37-27-22-31-12-7-8-17-35(31)28-37)36-25-23-33(24-26-36)39-19-11-20-40-41-29-45-42(30-44(41)50-46(39)40)48-47(51-45)34-15-5-2-6-16-34/h1-30H. The zero-order chi connectivity index (χ0) is 33.7. The van der Waals surface area contributed by atoms with E-state index in [4.69, 9.17) is 13.8 Å². The van der Waals surface area contributed by atoms with Crippen molar-refractivity contribution in [3.05, 3.63) is 182 Å². The number of oxazole rings is 1. The number of para-hydroxylation sites is 2. The second-order valence-corrected chi connectivity index (χ2v) is 12.8. The van der Waals surface area contributed by atoms with Gasteiger partial charge in [-0.05, 0) is 70.4 Å². The summed E-state index contributed by atoms with van der Waals surface area (Å²) in [6, 6.07) is 63.5. The predicted octanol–water partition coefficient (Wildman–Crippen LogP) is 13.4. The highest BCUT2D eigenvalue weighted by molar-refractivity contribution is 6.12. The Balaban J connectivity index is 1.08. The Bertz CT molecular complexity index is 2850. The predicted molar refractivity (Wildman–Crippen MR) is 210 cm³/mol. The Morgan fingerprint density at radius 2 is 1.08 bits per heavy atom. The first-order valence-electron chi connectivity index (χ1n) is 17.1. The molecule has 240 valence electrons. The van der Waals surface area contributed by atoms with Crippen LogP contribution in [0.25, 0.3) is 77.5 Å². The maximum atomic E-state index is 6.59. The maximum absolute atomic E-state index is 6.59. The van der Waals surface area contributed by atoms with Crippen molar-refractivity contribution in [2.45, 2.75) is 0 Å². The van der Waals surface area contributed by atoms with Gasteiger partial charge in [0.05, 0.1) is 5.69 Å². The van der Waals surface area contributed by atoms with Crippen molar-refractivity contribution in [3.8, 4) is 33.7 Å². The molecule has 0 aliphatic heterocycles. The van der Waals surface area contributed by atoms with E-state index < -0.39 is 0 Å². The van der Waals surface area contributed by atoms with Crippen LogP contribution in [0.3, 0.4) is 0 Å². The lowest BCUT2D eigenvalue weighted by molar-refractivity contribution is 0.620. The smallest absolute Gasteiger partial charge is 0.227 e. The van der Waals surface area contributed by atoms with Crippen molar-refractivity contribution in [1.29, 1.82) is 0 Å². The van der Waals surface area contributed by atoms with Gasteiger partial charge in [0.2, 0.25) is 5.89 Å². The van der Waals surface area contributed by atoms with Crippen LogP contribution < -0.4 is 4.90 Å². The second-order valence-electron chi connectivity index (χ2n) is 12.8. The van der Waals surface area contributed by atoms with Gasteiger partial charge in [0.15, 0.2) is 5.58 Å². The molecule has 10 aromatic rings. The fourth-order valence-corrected chi connectivity index (χ4v) is 7.21. The van der Waals surface area contributed by atoms with E-state index in [9.17, 15) is 0 Å². The van der Waals surface area contributed by atoms with Gasteiger partial charge in [0.1, 0.15) is 16.7 Å². The maximum Gasteiger partial charge on any atom is 0.227 e. The summed E-state index contributed by atoms with van der Waals surface area (Å²) in [4.78, 5) is 7.12. The van der Waals surface area contributed by atoms with E-state index in [1.807, 2.05) is 36.4 Å². The molecule has 0 amide bonds. The van der Waals surface area contributed by atoms with Gasteiger partial charge in [0, 0.05) is 44.9 Å². The highest BCUT2D eigenvalue weighted by Gasteiger charge is 2.19. The van der Waals surface area contributed by atoms with E-state index in [2.05, 4.69) is 150 Å². The molecule has 0 atom stereocenters. The molecule has 0 bridgehead atoms. The number of rotatable bonds is 6. The molecule has 2 aromatic heterocycles. The molecule has 8 aromatic carbocycles. The molecule has 0 fully saturated rings.